The minimum atomic E-state index is -3.02. The third kappa shape index (κ3) is 3.55. The van der Waals surface area contributed by atoms with Gasteiger partial charge in [0.15, 0.2) is 0 Å². The summed E-state index contributed by atoms with van der Waals surface area (Å²) in [4.78, 5) is 0. The smallest absolute Gasteiger partial charge is 0.211 e. The maximum atomic E-state index is 11.3. The number of rotatable bonds is 3. The Kier molecular flexibility index (Phi) is 4.34. The molecule has 5 heteroatoms. The normalized spacial score (nSPS) is 26.0. The van der Waals surface area contributed by atoms with Crippen LogP contribution in [0.3, 0.4) is 0 Å². The Bertz CT molecular complexity index is 263. The molecule has 0 bridgehead atoms. The van der Waals surface area contributed by atoms with E-state index in [1.165, 1.54) is 6.26 Å². The first kappa shape index (κ1) is 11.9. The van der Waals surface area contributed by atoms with Crippen LogP contribution in [0, 0.1) is 5.92 Å². The average Bonchev–Trinajstić information content (AvgIpc) is 2.29. The lowest BCUT2D eigenvalue weighted by Crippen LogP contribution is -2.30. The molecule has 1 rings (SSSR count). The Balaban J connectivity index is 2.49. The first-order valence-electron chi connectivity index (χ1n) is 5.10. The van der Waals surface area contributed by atoms with E-state index >= 15 is 0 Å². The van der Waals surface area contributed by atoms with Crippen LogP contribution in [-0.2, 0) is 10.0 Å². The van der Waals surface area contributed by atoms with E-state index in [1.807, 2.05) is 0 Å². The van der Waals surface area contributed by atoms with Gasteiger partial charge >= 0.3 is 0 Å². The van der Waals surface area contributed by atoms with Gasteiger partial charge in [-0.1, -0.05) is 0 Å². The molecule has 0 radical (unpaired) electrons. The maximum absolute atomic E-state index is 11.3. The molecule has 0 aromatic heterocycles. The monoisotopic (exact) mass is 221 g/mol. The highest BCUT2D eigenvalue weighted by atomic mass is 32.2. The molecular weight excluding hydrogens is 202 g/mol. The zero-order valence-electron chi connectivity index (χ0n) is 8.65. The second-order valence-corrected chi connectivity index (χ2v) is 5.95. The molecule has 1 saturated heterocycles. The average molecular weight is 221 g/mol. The van der Waals surface area contributed by atoms with Crippen molar-refractivity contribution in [2.75, 3.05) is 26.0 Å². The summed E-state index contributed by atoms with van der Waals surface area (Å²) in [5.74, 6) is 0.492. The third-order valence-corrected chi connectivity index (χ3v) is 4.12. The second-order valence-electron chi connectivity index (χ2n) is 3.97. The largest absolute Gasteiger partial charge is 0.396 e. The van der Waals surface area contributed by atoms with Gasteiger partial charge in [0.2, 0.25) is 10.0 Å². The van der Waals surface area contributed by atoms with Crippen molar-refractivity contribution >= 4 is 10.0 Å². The molecule has 1 fully saturated rings. The Hall–Kier alpha value is -0.130. The molecule has 84 valence electrons. The fourth-order valence-corrected chi connectivity index (χ4v) is 2.84. The second kappa shape index (κ2) is 5.09. The van der Waals surface area contributed by atoms with E-state index in [4.69, 9.17) is 5.11 Å². The van der Waals surface area contributed by atoms with Gasteiger partial charge in [-0.25, -0.2) is 12.7 Å². The molecule has 1 N–H and O–H groups in total. The summed E-state index contributed by atoms with van der Waals surface area (Å²) in [6.45, 7) is 1.47. The Morgan fingerprint density at radius 2 is 2.07 bits per heavy atom. The lowest BCUT2D eigenvalue weighted by molar-refractivity contribution is 0.248. The van der Waals surface area contributed by atoms with E-state index in [-0.39, 0.29) is 6.61 Å². The summed E-state index contributed by atoms with van der Waals surface area (Å²) in [5, 5.41) is 8.80. The molecule has 14 heavy (non-hydrogen) atoms. The van der Waals surface area contributed by atoms with E-state index in [0.717, 1.165) is 25.7 Å². The van der Waals surface area contributed by atoms with Crippen LogP contribution in [0.4, 0.5) is 0 Å². The van der Waals surface area contributed by atoms with Crippen molar-refractivity contribution in [3.05, 3.63) is 0 Å². The Morgan fingerprint density at radius 1 is 1.36 bits per heavy atom. The number of hydrogen-bond donors (Lipinski definition) is 1. The van der Waals surface area contributed by atoms with Gasteiger partial charge in [-0.2, -0.15) is 0 Å². The number of aliphatic hydroxyl groups is 1. The lowest BCUT2D eigenvalue weighted by atomic mass is 9.98. The van der Waals surface area contributed by atoms with Crippen LogP contribution in [-0.4, -0.2) is 43.8 Å². The molecule has 1 atom stereocenters. The highest BCUT2D eigenvalue weighted by molar-refractivity contribution is 7.88. The van der Waals surface area contributed by atoms with E-state index in [0.29, 0.717) is 19.0 Å². The lowest BCUT2D eigenvalue weighted by Gasteiger charge is -2.17. The molecule has 1 unspecified atom stereocenters. The van der Waals surface area contributed by atoms with E-state index in [1.54, 1.807) is 4.31 Å². The van der Waals surface area contributed by atoms with Crippen LogP contribution in [0.15, 0.2) is 0 Å². The minimum Gasteiger partial charge on any atom is -0.396 e. The van der Waals surface area contributed by atoms with Crippen molar-refractivity contribution in [1.29, 1.82) is 0 Å². The van der Waals surface area contributed by atoms with Crippen molar-refractivity contribution in [1.82, 2.24) is 4.31 Å². The fraction of sp³-hybridized carbons (Fsp3) is 1.00. The van der Waals surface area contributed by atoms with E-state index < -0.39 is 10.0 Å². The molecule has 0 aromatic rings. The molecule has 0 aromatic carbocycles. The van der Waals surface area contributed by atoms with Gasteiger partial charge in [0.25, 0.3) is 0 Å². The number of hydrogen-bond acceptors (Lipinski definition) is 3. The van der Waals surface area contributed by atoms with Crippen molar-refractivity contribution in [3.8, 4) is 0 Å². The summed E-state index contributed by atoms with van der Waals surface area (Å²) < 4.78 is 24.1. The van der Waals surface area contributed by atoms with Crippen LogP contribution >= 0.6 is 0 Å². The summed E-state index contributed by atoms with van der Waals surface area (Å²) in [5.41, 5.74) is 0. The Morgan fingerprint density at radius 3 is 2.64 bits per heavy atom. The SMILES string of the molecule is CS(=O)(=O)N1CCCC(CCO)CC1. The molecule has 1 aliphatic heterocycles. The van der Waals surface area contributed by atoms with Crippen LogP contribution < -0.4 is 0 Å². The zero-order chi connectivity index (χ0) is 10.6. The topological polar surface area (TPSA) is 57.6 Å². The molecule has 4 nitrogen and oxygen atoms in total. The van der Waals surface area contributed by atoms with Crippen LogP contribution in [0.2, 0.25) is 0 Å². The standard InChI is InChI=1S/C9H19NO3S/c1-14(12,13)10-6-2-3-9(4-7-10)5-8-11/h9,11H,2-8H2,1H3. The van der Waals surface area contributed by atoms with Gasteiger partial charge in [0.05, 0.1) is 6.26 Å². The minimum absolute atomic E-state index is 0.212. The molecule has 0 aliphatic carbocycles. The summed E-state index contributed by atoms with van der Waals surface area (Å²) in [7, 11) is -3.02. The van der Waals surface area contributed by atoms with Gasteiger partial charge in [0.1, 0.15) is 0 Å². The summed E-state index contributed by atoms with van der Waals surface area (Å²) in [6.07, 6.45) is 4.90. The third-order valence-electron chi connectivity index (χ3n) is 2.81. The first-order chi connectivity index (χ1) is 6.54. The Labute approximate surface area is 86.0 Å². The van der Waals surface area contributed by atoms with Crippen molar-refractivity contribution in [2.24, 2.45) is 5.92 Å². The fourth-order valence-electron chi connectivity index (χ4n) is 1.94. The predicted octanol–water partition coefficient (Wildman–Crippen LogP) is 0.430. The van der Waals surface area contributed by atoms with Crippen LogP contribution in [0.25, 0.3) is 0 Å². The van der Waals surface area contributed by atoms with Crippen molar-refractivity contribution in [2.45, 2.75) is 25.7 Å². The van der Waals surface area contributed by atoms with E-state index in [9.17, 15) is 8.42 Å². The van der Waals surface area contributed by atoms with Crippen LogP contribution in [0.5, 0.6) is 0 Å². The quantitative estimate of drug-likeness (QED) is 0.752. The van der Waals surface area contributed by atoms with Crippen molar-refractivity contribution in [3.63, 3.8) is 0 Å². The molecule has 0 amide bonds. The predicted molar refractivity (Wildman–Crippen MR) is 55.5 cm³/mol. The first-order valence-corrected chi connectivity index (χ1v) is 6.95. The molecule has 0 spiro atoms. The number of sulfonamides is 1. The highest BCUT2D eigenvalue weighted by Crippen LogP contribution is 2.21. The highest BCUT2D eigenvalue weighted by Gasteiger charge is 2.21. The molecule has 1 aliphatic rings. The van der Waals surface area contributed by atoms with Gasteiger partial charge in [-0.05, 0) is 31.6 Å². The maximum Gasteiger partial charge on any atom is 0.211 e. The van der Waals surface area contributed by atoms with Gasteiger partial charge in [-0.3, -0.25) is 0 Å². The molecule has 1 heterocycles. The zero-order valence-corrected chi connectivity index (χ0v) is 9.46. The van der Waals surface area contributed by atoms with Gasteiger partial charge < -0.3 is 5.11 Å². The number of aliphatic hydroxyl groups excluding tert-OH is 1. The van der Waals surface area contributed by atoms with Gasteiger partial charge in [0, 0.05) is 19.7 Å². The molecular formula is C9H19NO3S. The summed E-state index contributed by atoms with van der Waals surface area (Å²) >= 11 is 0. The molecule has 0 saturated carbocycles. The number of nitrogens with zero attached hydrogens (tertiary/aromatic N) is 1. The van der Waals surface area contributed by atoms with Crippen LogP contribution in [0.1, 0.15) is 25.7 Å². The summed E-state index contributed by atoms with van der Waals surface area (Å²) in [6, 6.07) is 0. The van der Waals surface area contributed by atoms with E-state index in [2.05, 4.69) is 0 Å². The van der Waals surface area contributed by atoms with Crippen molar-refractivity contribution < 1.29 is 13.5 Å². The van der Waals surface area contributed by atoms with Gasteiger partial charge in [-0.15, -0.1) is 0 Å².